The van der Waals surface area contributed by atoms with Crippen LogP contribution in [0.1, 0.15) is 64.2 Å². The van der Waals surface area contributed by atoms with E-state index in [2.05, 4.69) is 6.92 Å². The van der Waals surface area contributed by atoms with Crippen molar-refractivity contribution in [1.29, 1.82) is 0 Å². The van der Waals surface area contributed by atoms with Crippen molar-refractivity contribution in [2.24, 2.45) is 0 Å². The normalized spacial score (nSPS) is 18.5. The highest BCUT2D eigenvalue weighted by Gasteiger charge is 2.15. The maximum Gasteiger partial charge on any atom is 0.306 e. The predicted molar refractivity (Wildman–Crippen MR) is 61.4 cm³/mol. The number of rotatable bonds is 5. The van der Waals surface area contributed by atoms with Crippen molar-refractivity contribution in [3.8, 4) is 0 Å². The van der Waals surface area contributed by atoms with Crippen molar-refractivity contribution in [3.63, 3.8) is 0 Å². The highest BCUT2D eigenvalue weighted by Crippen LogP contribution is 2.20. The lowest BCUT2D eigenvalue weighted by Crippen LogP contribution is -2.17. The van der Waals surface area contributed by atoms with Crippen molar-refractivity contribution in [2.45, 2.75) is 70.3 Å². The third-order valence-electron chi connectivity index (χ3n) is 2.98. The molecule has 0 spiro atoms. The van der Waals surface area contributed by atoms with E-state index in [0.717, 1.165) is 32.1 Å². The van der Waals surface area contributed by atoms with Gasteiger partial charge in [0.1, 0.15) is 6.10 Å². The van der Waals surface area contributed by atoms with Crippen molar-refractivity contribution < 1.29 is 9.53 Å². The molecule has 0 amide bonds. The largest absolute Gasteiger partial charge is 0.462 e. The highest BCUT2D eigenvalue weighted by molar-refractivity contribution is 5.69. The van der Waals surface area contributed by atoms with Crippen LogP contribution in [-0.2, 0) is 9.53 Å². The summed E-state index contributed by atoms with van der Waals surface area (Å²) in [6.07, 6.45) is 10.8. The quantitative estimate of drug-likeness (QED) is 0.394. The van der Waals surface area contributed by atoms with Crippen LogP contribution >= 0.6 is 0 Å². The van der Waals surface area contributed by atoms with E-state index in [9.17, 15) is 4.79 Å². The Morgan fingerprint density at radius 1 is 1.13 bits per heavy atom. The minimum absolute atomic E-state index is 0.00431. The molecule has 87 valence electrons. The van der Waals surface area contributed by atoms with Gasteiger partial charge in [0.25, 0.3) is 0 Å². The number of hydrogen-bond donors (Lipinski definition) is 0. The second-order valence-corrected chi connectivity index (χ2v) is 4.41. The summed E-state index contributed by atoms with van der Waals surface area (Å²) in [7, 11) is 0. The molecular weight excluding hydrogens is 188 g/mol. The Hall–Kier alpha value is -0.530. The molecule has 2 heteroatoms. The Morgan fingerprint density at radius 2 is 1.80 bits per heavy atom. The van der Waals surface area contributed by atoms with Crippen LogP contribution in [0.5, 0.6) is 0 Å². The van der Waals surface area contributed by atoms with E-state index in [1.807, 2.05) is 0 Å². The first kappa shape index (κ1) is 12.5. The van der Waals surface area contributed by atoms with E-state index >= 15 is 0 Å². The van der Waals surface area contributed by atoms with Crippen LogP contribution in [-0.4, -0.2) is 12.1 Å². The van der Waals surface area contributed by atoms with Gasteiger partial charge < -0.3 is 4.74 Å². The molecule has 1 saturated carbocycles. The molecule has 0 aromatic rings. The summed E-state index contributed by atoms with van der Waals surface area (Å²) in [6, 6.07) is 0. The minimum atomic E-state index is -0.00431. The van der Waals surface area contributed by atoms with E-state index in [1.165, 1.54) is 25.7 Å². The lowest BCUT2D eigenvalue weighted by atomic mass is 10.1. The molecular formula is C13H23O2. The molecule has 0 bridgehead atoms. The SMILES string of the molecule is [CH2]CCCCC(=O)OC1CCCCCC1. The number of esters is 1. The van der Waals surface area contributed by atoms with Crippen molar-refractivity contribution in [1.82, 2.24) is 0 Å². The van der Waals surface area contributed by atoms with E-state index in [1.54, 1.807) is 0 Å². The molecule has 0 atom stereocenters. The van der Waals surface area contributed by atoms with Crippen LogP contribution in [0.4, 0.5) is 0 Å². The zero-order chi connectivity index (χ0) is 10.9. The Morgan fingerprint density at radius 3 is 2.40 bits per heavy atom. The number of carbonyl (C=O) groups excluding carboxylic acids is 1. The first-order valence-electron chi connectivity index (χ1n) is 6.31. The molecule has 0 unspecified atom stereocenters. The van der Waals surface area contributed by atoms with Gasteiger partial charge in [0.15, 0.2) is 0 Å². The predicted octanol–water partition coefficient (Wildman–Crippen LogP) is 3.65. The van der Waals surface area contributed by atoms with Gasteiger partial charge in [-0.1, -0.05) is 32.6 Å². The second kappa shape index (κ2) is 7.72. The monoisotopic (exact) mass is 211 g/mol. The summed E-state index contributed by atoms with van der Waals surface area (Å²) in [5, 5.41) is 0. The zero-order valence-corrected chi connectivity index (χ0v) is 9.67. The fraction of sp³-hybridized carbons (Fsp3) is 0.846. The summed E-state index contributed by atoms with van der Waals surface area (Å²) >= 11 is 0. The molecule has 1 fully saturated rings. The molecule has 2 nitrogen and oxygen atoms in total. The molecule has 1 aliphatic rings. The molecule has 0 aromatic carbocycles. The molecule has 15 heavy (non-hydrogen) atoms. The van der Waals surface area contributed by atoms with Gasteiger partial charge in [0.2, 0.25) is 0 Å². The topological polar surface area (TPSA) is 26.3 Å². The molecule has 0 aliphatic heterocycles. The Kier molecular flexibility index (Phi) is 6.45. The van der Waals surface area contributed by atoms with Crippen LogP contribution in [0, 0.1) is 6.92 Å². The van der Waals surface area contributed by atoms with Gasteiger partial charge >= 0.3 is 5.97 Å². The average Bonchev–Trinajstić information content (AvgIpc) is 2.47. The second-order valence-electron chi connectivity index (χ2n) is 4.41. The summed E-state index contributed by atoms with van der Waals surface area (Å²) in [4.78, 5) is 11.5. The van der Waals surface area contributed by atoms with Gasteiger partial charge in [-0.05, 0) is 32.1 Å². The Balaban J connectivity index is 2.12. The standard InChI is InChI=1S/C13H23O2/c1-2-3-6-11-13(14)15-12-9-7-4-5-8-10-12/h12H,1-11H2. The van der Waals surface area contributed by atoms with Crippen LogP contribution in [0.3, 0.4) is 0 Å². The summed E-state index contributed by atoms with van der Waals surface area (Å²) in [5.74, 6) is -0.00431. The summed E-state index contributed by atoms with van der Waals surface area (Å²) in [6.45, 7) is 3.76. The van der Waals surface area contributed by atoms with Crippen LogP contribution in [0.2, 0.25) is 0 Å². The van der Waals surface area contributed by atoms with E-state index in [-0.39, 0.29) is 12.1 Å². The van der Waals surface area contributed by atoms with Crippen molar-refractivity contribution in [3.05, 3.63) is 6.92 Å². The lowest BCUT2D eigenvalue weighted by Gasteiger charge is -2.15. The molecule has 0 aromatic heterocycles. The van der Waals surface area contributed by atoms with Crippen LogP contribution in [0.15, 0.2) is 0 Å². The fourth-order valence-electron chi connectivity index (χ4n) is 2.05. The molecule has 0 N–H and O–H groups in total. The van der Waals surface area contributed by atoms with Gasteiger partial charge in [-0.3, -0.25) is 4.79 Å². The van der Waals surface area contributed by atoms with Crippen LogP contribution < -0.4 is 0 Å². The number of unbranched alkanes of at least 4 members (excludes halogenated alkanes) is 2. The van der Waals surface area contributed by atoms with Crippen molar-refractivity contribution in [2.75, 3.05) is 0 Å². The molecule has 1 rings (SSSR count). The molecule has 1 aliphatic carbocycles. The van der Waals surface area contributed by atoms with Crippen LogP contribution in [0.25, 0.3) is 0 Å². The first-order valence-corrected chi connectivity index (χ1v) is 6.31. The molecule has 0 heterocycles. The average molecular weight is 211 g/mol. The van der Waals surface area contributed by atoms with Crippen molar-refractivity contribution >= 4 is 5.97 Å². The number of ether oxygens (including phenoxy) is 1. The van der Waals surface area contributed by atoms with E-state index in [0.29, 0.717) is 6.42 Å². The number of carbonyl (C=O) groups is 1. The third kappa shape index (κ3) is 5.81. The van der Waals surface area contributed by atoms with Gasteiger partial charge in [-0.15, -0.1) is 0 Å². The Labute approximate surface area is 93.4 Å². The van der Waals surface area contributed by atoms with Gasteiger partial charge in [0, 0.05) is 6.42 Å². The Bertz CT molecular complexity index is 169. The third-order valence-corrected chi connectivity index (χ3v) is 2.98. The van der Waals surface area contributed by atoms with Gasteiger partial charge in [0.05, 0.1) is 0 Å². The number of hydrogen-bond acceptors (Lipinski definition) is 2. The highest BCUT2D eigenvalue weighted by atomic mass is 16.5. The van der Waals surface area contributed by atoms with E-state index in [4.69, 9.17) is 4.74 Å². The first-order chi connectivity index (χ1) is 7.33. The van der Waals surface area contributed by atoms with Gasteiger partial charge in [-0.2, -0.15) is 0 Å². The zero-order valence-electron chi connectivity index (χ0n) is 9.67. The van der Waals surface area contributed by atoms with E-state index < -0.39 is 0 Å². The maximum absolute atomic E-state index is 11.5. The lowest BCUT2D eigenvalue weighted by molar-refractivity contribution is -0.149. The summed E-state index contributed by atoms with van der Waals surface area (Å²) < 4.78 is 5.46. The van der Waals surface area contributed by atoms with Gasteiger partial charge in [-0.25, -0.2) is 0 Å². The fourth-order valence-corrected chi connectivity index (χ4v) is 2.05. The summed E-state index contributed by atoms with van der Waals surface area (Å²) in [5.41, 5.74) is 0. The smallest absolute Gasteiger partial charge is 0.306 e. The minimum Gasteiger partial charge on any atom is -0.462 e. The maximum atomic E-state index is 11.5. The molecule has 0 saturated heterocycles. The molecule has 1 radical (unpaired) electrons.